The number of nitrogens with one attached hydrogen (secondary N) is 1. The van der Waals surface area contributed by atoms with E-state index in [1.807, 2.05) is 48.0 Å². The minimum atomic E-state index is -0.0644. The van der Waals surface area contributed by atoms with Gasteiger partial charge in [-0.3, -0.25) is 4.79 Å². The quantitative estimate of drug-likeness (QED) is 0.560. The summed E-state index contributed by atoms with van der Waals surface area (Å²) in [5.74, 6) is 1.00. The Bertz CT molecular complexity index is 946. The van der Waals surface area contributed by atoms with Crippen LogP contribution in [0, 0.1) is 6.92 Å². The lowest BCUT2D eigenvalue weighted by Gasteiger charge is -2.21. The molecular formula is C22H27N5OS. The molecule has 2 aromatic carbocycles. The molecule has 3 rings (SSSR count). The summed E-state index contributed by atoms with van der Waals surface area (Å²) in [5, 5.41) is 12.2. The molecule has 152 valence electrons. The highest BCUT2D eigenvalue weighted by atomic mass is 32.2. The van der Waals surface area contributed by atoms with Crippen molar-refractivity contribution in [3.8, 4) is 11.4 Å². The maximum absolute atomic E-state index is 12.3. The summed E-state index contributed by atoms with van der Waals surface area (Å²) in [7, 11) is 1.92. The predicted molar refractivity (Wildman–Crippen MR) is 121 cm³/mol. The molecule has 1 N–H and O–H groups in total. The van der Waals surface area contributed by atoms with Gasteiger partial charge in [0.2, 0.25) is 5.91 Å². The maximum atomic E-state index is 12.3. The summed E-state index contributed by atoms with van der Waals surface area (Å²) in [6.07, 6.45) is 0. The number of aromatic nitrogens is 3. The predicted octanol–water partition coefficient (Wildman–Crippen LogP) is 4.37. The van der Waals surface area contributed by atoms with Gasteiger partial charge in [0, 0.05) is 37.1 Å². The fourth-order valence-electron chi connectivity index (χ4n) is 3.07. The highest BCUT2D eigenvalue weighted by molar-refractivity contribution is 7.99. The fourth-order valence-corrected chi connectivity index (χ4v) is 3.78. The molecule has 6 nitrogen and oxygen atoms in total. The molecule has 0 saturated carbocycles. The summed E-state index contributed by atoms with van der Waals surface area (Å²) < 4.78 is 1.92. The Morgan fingerprint density at radius 3 is 2.31 bits per heavy atom. The van der Waals surface area contributed by atoms with Crippen molar-refractivity contribution in [1.29, 1.82) is 0 Å². The van der Waals surface area contributed by atoms with Crippen molar-refractivity contribution in [3.05, 3.63) is 54.1 Å². The number of aryl methyl sites for hydroxylation is 1. The van der Waals surface area contributed by atoms with Gasteiger partial charge in [-0.25, -0.2) is 0 Å². The number of benzene rings is 2. The van der Waals surface area contributed by atoms with Crippen LogP contribution in [0.3, 0.4) is 0 Å². The molecule has 0 bridgehead atoms. The van der Waals surface area contributed by atoms with Gasteiger partial charge in [0.15, 0.2) is 11.0 Å². The molecule has 1 heterocycles. The highest BCUT2D eigenvalue weighted by Gasteiger charge is 2.13. The number of carbonyl (C=O) groups is 1. The normalized spacial score (nSPS) is 10.8. The number of hydrogen-bond donors (Lipinski definition) is 1. The second kappa shape index (κ2) is 9.60. The van der Waals surface area contributed by atoms with Gasteiger partial charge in [0.05, 0.1) is 5.75 Å². The van der Waals surface area contributed by atoms with Crippen LogP contribution in [0.1, 0.15) is 19.4 Å². The van der Waals surface area contributed by atoms with Crippen LogP contribution in [-0.4, -0.2) is 39.5 Å². The summed E-state index contributed by atoms with van der Waals surface area (Å²) in [6, 6.07) is 16.1. The molecule has 0 spiro atoms. The third kappa shape index (κ3) is 5.17. The van der Waals surface area contributed by atoms with Gasteiger partial charge in [-0.15, -0.1) is 10.2 Å². The van der Waals surface area contributed by atoms with E-state index in [1.54, 1.807) is 0 Å². The lowest BCUT2D eigenvalue weighted by molar-refractivity contribution is -0.113. The molecule has 0 fully saturated rings. The van der Waals surface area contributed by atoms with Gasteiger partial charge < -0.3 is 14.8 Å². The van der Waals surface area contributed by atoms with Crippen molar-refractivity contribution in [2.75, 3.05) is 29.1 Å². The molecule has 7 heteroatoms. The molecule has 0 aliphatic rings. The topological polar surface area (TPSA) is 63.1 Å². The van der Waals surface area contributed by atoms with Crippen LogP contribution >= 0.6 is 11.8 Å². The Kier molecular flexibility index (Phi) is 6.93. The van der Waals surface area contributed by atoms with Gasteiger partial charge in [-0.1, -0.05) is 41.6 Å². The second-order valence-electron chi connectivity index (χ2n) is 6.79. The first-order valence-corrected chi connectivity index (χ1v) is 10.7. The van der Waals surface area contributed by atoms with Gasteiger partial charge in [-0.05, 0) is 45.0 Å². The molecule has 0 atom stereocenters. The van der Waals surface area contributed by atoms with E-state index in [-0.39, 0.29) is 11.7 Å². The van der Waals surface area contributed by atoms with Crippen LogP contribution in [0.5, 0.6) is 0 Å². The Morgan fingerprint density at radius 1 is 1.03 bits per heavy atom. The molecule has 0 unspecified atom stereocenters. The number of thioether (sulfide) groups is 1. The van der Waals surface area contributed by atoms with Crippen molar-refractivity contribution in [1.82, 2.24) is 14.8 Å². The molecule has 0 aliphatic heterocycles. The average Bonchev–Trinajstić information content (AvgIpc) is 3.09. The summed E-state index contributed by atoms with van der Waals surface area (Å²) in [5.41, 5.74) is 4.16. The smallest absolute Gasteiger partial charge is 0.234 e. The Morgan fingerprint density at radius 2 is 1.69 bits per heavy atom. The molecule has 0 aliphatic carbocycles. The zero-order chi connectivity index (χ0) is 20.8. The van der Waals surface area contributed by atoms with E-state index in [2.05, 4.69) is 53.3 Å². The fraction of sp³-hybridized carbons (Fsp3) is 0.318. The minimum Gasteiger partial charge on any atom is -0.372 e. The van der Waals surface area contributed by atoms with Crippen LogP contribution in [-0.2, 0) is 11.8 Å². The summed E-state index contributed by atoms with van der Waals surface area (Å²) in [4.78, 5) is 14.6. The molecule has 3 aromatic rings. The average molecular weight is 410 g/mol. The van der Waals surface area contributed by atoms with Crippen molar-refractivity contribution < 1.29 is 4.79 Å². The minimum absolute atomic E-state index is 0.0644. The summed E-state index contributed by atoms with van der Waals surface area (Å²) >= 11 is 1.38. The molecular weight excluding hydrogens is 382 g/mol. The zero-order valence-corrected chi connectivity index (χ0v) is 18.2. The van der Waals surface area contributed by atoms with Gasteiger partial charge in [0.25, 0.3) is 0 Å². The van der Waals surface area contributed by atoms with E-state index in [0.29, 0.717) is 5.16 Å². The Labute approximate surface area is 176 Å². The lowest BCUT2D eigenvalue weighted by Crippen LogP contribution is -2.21. The molecule has 29 heavy (non-hydrogen) atoms. The third-order valence-corrected chi connectivity index (χ3v) is 5.78. The van der Waals surface area contributed by atoms with E-state index in [4.69, 9.17) is 0 Å². The van der Waals surface area contributed by atoms with E-state index < -0.39 is 0 Å². The first-order valence-electron chi connectivity index (χ1n) is 9.76. The molecule has 1 amide bonds. The third-order valence-electron chi connectivity index (χ3n) is 4.76. The molecule has 0 radical (unpaired) electrons. The lowest BCUT2D eigenvalue weighted by atomic mass is 10.1. The first kappa shape index (κ1) is 20.9. The Hall–Kier alpha value is -2.80. The SMILES string of the molecule is CCN(CC)c1ccc(NC(=O)CSc2nnc(-c3ccc(C)cc3)n2C)cc1. The molecule has 0 saturated heterocycles. The maximum Gasteiger partial charge on any atom is 0.234 e. The second-order valence-corrected chi connectivity index (χ2v) is 7.73. The first-order chi connectivity index (χ1) is 14.0. The number of rotatable bonds is 8. The van der Waals surface area contributed by atoms with E-state index in [0.717, 1.165) is 35.9 Å². The molecule has 1 aromatic heterocycles. The van der Waals surface area contributed by atoms with E-state index >= 15 is 0 Å². The number of hydrogen-bond acceptors (Lipinski definition) is 5. The van der Waals surface area contributed by atoms with Crippen molar-refractivity contribution in [2.24, 2.45) is 7.05 Å². The van der Waals surface area contributed by atoms with Crippen LogP contribution < -0.4 is 10.2 Å². The van der Waals surface area contributed by atoms with Crippen molar-refractivity contribution >= 4 is 29.0 Å². The number of anilines is 2. The van der Waals surface area contributed by atoms with Gasteiger partial charge >= 0.3 is 0 Å². The largest absolute Gasteiger partial charge is 0.372 e. The monoisotopic (exact) mass is 409 g/mol. The van der Waals surface area contributed by atoms with Gasteiger partial charge in [-0.2, -0.15) is 0 Å². The van der Waals surface area contributed by atoms with Crippen molar-refractivity contribution in [2.45, 2.75) is 25.9 Å². The van der Waals surface area contributed by atoms with Crippen LogP contribution in [0.25, 0.3) is 11.4 Å². The number of amides is 1. The summed E-state index contributed by atoms with van der Waals surface area (Å²) in [6.45, 7) is 8.24. The zero-order valence-electron chi connectivity index (χ0n) is 17.3. The van der Waals surface area contributed by atoms with Crippen LogP contribution in [0.2, 0.25) is 0 Å². The number of nitrogens with zero attached hydrogens (tertiary/aromatic N) is 4. The number of carbonyl (C=O) groups excluding carboxylic acids is 1. The van der Waals surface area contributed by atoms with Crippen LogP contribution in [0.4, 0.5) is 11.4 Å². The highest BCUT2D eigenvalue weighted by Crippen LogP contribution is 2.23. The Balaban J connectivity index is 1.58. The van der Waals surface area contributed by atoms with E-state index in [1.165, 1.54) is 17.3 Å². The van der Waals surface area contributed by atoms with E-state index in [9.17, 15) is 4.79 Å². The van der Waals surface area contributed by atoms with Crippen molar-refractivity contribution in [3.63, 3.8) is 0 Å². The standard InChI is InChI=1S/C22H27N5OS/c1-5-27(6-2)19-13-11-18(12-14-19)23-20(28)15-29-22-25-24-21(26(22)4)17-9-7-16(3)8-10-17/h7-14H,5-6,15H2,1-4H3,(H,23,28). The van der Waals surface area contributed by atoms with Crippen LogP contribution in [0.15, 0.2) is 53.7 Å². The van der Waals surface area contributed by atoms with Gasteiger partial charge in [0.1, 0.15) is 0 Å².